The Morgan fingerprint density at radius 1 is 1.26 bits per heavy atom. The van der Waals surface area contributed by atoms with Gasteiger partial charge >= 0.3 is 0 Å². The highest BCUT2D eigenvalue weighted by molar-refractivity contribution is 6.29. The first-order valence-electron chi connectivity index (χ1n) is 6.39. The molecular weight excluding hydrogens is 260 g/mol. The summed E-state index contributed by atoms with van der Waals surface area (Å²) in [6.07, 6.45) is 2.79. The molecule has 102 valence electrons. The van der Waals surface area contributed by atoms with E-state index < -0.39 is 0 Å². The van der Waals surface area contributed by atoms with Crippen molar-refractivity contribution in [1.29, 1.82) is 0 Å². The average molecular weight is 279 g/mol. The zero-order valence-corrected chi connectivity index (χ0v) is 12.8. The van der Waals surface area contributed by atoms with Crippen molar-refractivity contribution in [2.24, 2.45) is 7.05 Å². The summed E-state index contributed by atoms with van der Waals surface area (Å²) >= 11 is 6.13. The zero-order chi connectivity index (χ0) is 14.2. The minimum absolute atomic E-state index is 0.0596. The molecule has 0 spiro atoms. The van der Waals surface area contributed by atoms with Gasteiger partial charge in [0.2, 0.25) is 0 Å². The quantitative estimate of drug-likeness (QED) is 0.791. The van der Waals surface area contributed by atoms with E-state index in [0.717, 1.165) is 23.4 Å². The molecule has 0 aliphatic carbocycles. The van der Waals surface area contributed by atoms with Crippen molar-refractivity contribution in [2.45, 2.75) is 39.5 Å². The number of aromatic nitrogens is 4. The third-order valence-electron chi connectivity index (χ3n) is 2.94. The fourth-order valence-corrected chi connectivity index (χ4v) is 2.09. The summed E-state index contributed by atoms with van der Waals surface area (Å²) in [6, 6.07) is 1.83. The van der Waals surface area contributed by atoms with Gasteiger partial charge in [0.25, 0.3) is 0 Å². The second-order valence-electron chi connectivity index (χ2n) is 5.67. The Balaban J connectivity index is 2.59. The number of hydrogen-bond acceptors (Lipinski definition) is 3. The van der Waals surface area contributed by atoms with Crippen molar-refractivity contribution >= 4 is 11.6 Å². The van der Waals surface area contributed by atoms with Crippen LogP contribution in [-0.2, 0) is 18.9 Å². The smallest absolute Gasteiger partial charge is 0.164 e. The van der Waals surface area contributed by atoms with Crippen LogP contribution < -0.4 is 0 Å². The molecule has 2 aromatic rings. The summed E-state index contributed by atoms with van der Waals surface area (Å²) in [5.74, 6) is 0.655. The number of rotatable bonds is 2. The van der Waals surface area contributed by atoms with Crippen LogP contribution in [0.1, 0.15) is 39.1 Å². The summed E-state index contributed by atoms with van der Waals surface area (Å²) in [5, 5.41) is 4.89. The van der Waals surface area contributed by atoms with Crippen LogP contribution in [-0.4, -0.2) is 19.7 Å². The molecular formula is C14H19ClN4. The van der Waals surface area contributed by atoms with Crippen molar-refractivity contribution in [3.8, 4) is 11.4 Å². The summed E-state index contributed by atoms with van der Waals surface area (Å²) in [4.78, 5) is 8.99. The normalized spacial score (nSPS) is 11.9. The Morgan fingerprint density at radius 2 is 1.95 bits per heavy atom. The maximum absolute atomic E-state index is 6.13. The van der Waals surface area contributed by atoms with Crippen molar-refractivity contribution in [1.82, 2.24) is 19.7 Å². The zero-order valence-electron chi connectivity index (χ0n) is 12.0. The number of halogens is 1. The molecule has 2 heterocycles. The predicted octanol–water partition coefficient (Wildman–Crippen LogP) is 3.39. The molecule has 0 aliphatic rings. The van der Waals surface area contributed by atoms with Crippen LogP contribution in [0.4, 0.5) is 0 Å². The van der Waals surface area contributed by atoms with Crippen LogP contribution in [0.15, 0.2) is 12.3 Å². The van der Waals surface area contributed by atoms with Gasteiger partial charge in [0, 0.05) is 18.7 Å². The lowest BCUT2D eigenvalue weighted by Gasteiger charge is -2.18. The molecule has 0 aromatic carbocycles. The van der Waals surface area contributed by atoms with E-state index in [2.05, 4.69) is 42.8 Å². The van der Waals surface area contributed by atoms with Crippen molar-refractivity contribution in [3.63, 3.8) is 0 Å². The van der Waals surface area contributed by atoms with E-state index in [1.54, 1.807) is 4.68 Å². The molecule has 19 heavy (non-hydrogen) atoms. The Morgan fingerprint density at radius 3 is 2.53 bits per heavy atom. The molecule has 2 aromatic heterocycles. The molecule has 0 aliphatic heterocycles. The summed E-state index contributed by atoms with van der Waals surface area (Å²) in [7, 11) is 1.90. The summed E-state index contributed by atoms with van der Waals surface area (Å²) in [6.45, 7) is 8.40. The molecule has 0 saturated heterocycles. The Labute approximate surface area is 118 Å². The Bertz CT molecular complexity index is 596. The maximum atomic E-state index is 6.13. The average Bonchev–Trinajstić information content (AvgIpc) is 2.68. The topological polar surface area (TPSA) is 43.6 Å². The SMILES string of the molecule is CCc1nn(C)cc1-c1nc(Cl)cc(C(C)(C)C)n1. The van der Waals surface area contributed by atoms with E-state index in [4.69, 9.17) is 11.6 Å². The van der Waals surface area contributed by atoms with Gasteiger partial charge in [0.1, 0.15) is 5.15 Å². The predicted molar refractivity (Wildman–Crippen MR) is 77.3 cm³/mol. The number of hydrogen-bond donors (Lipinski definition) is 0. The van der Waals surface area contributed by atoms with Crippen LogP contribution in [0.3, 0.4) is 0 Å². The van der Waals surface area contributed by atoms with Crippen LogP contribution in [0.25, 0.3) is 11.4 Å². The fraction of sp³-hybridized carbons (Fsp3) is 0.500. The standard InChI is InChI=1S/C14H19ClN4/c1-6-10-9(8-19(5)18-10)13-16-11(14(2,3)4)7-12(15)17-13/h7-8H,6H2,1-5H3. The van der Waals surface area contributed by atoms with E-state index in [0.29, 0.717) is 11.0 Å². The molecule has 0 atom stereocenters. The van der Waals surface area contributed by atoms with E-state index in [9.17, 15) is 0 Å². The van der Waals surface area contributed by atoms with E-state index in [1.807, 2.05) is 19.3 Å². The van der Waals surface area contributed by atoms with Crippen molar-refractivity contribution in [3.05, 3.63) is 28.8 Å². The monoisotopic (exact) mass is 278 g/mol. The molecule has 4 nitrogen and oxygen atoms in total. The Kier molecular flexibility index (Phi) is 3.63. The summed E-state index contributed by atoms with van der Waals surface area (Å²) < 4.78 is 1.79. The molecule has 0 unspecified atom stereocenters. The summed E-state index contributed by atoms with van der Waals surface area (Å²) in [5.41, 5.74) is 2.83. The van der Waals surface area contributed by atoms with E-state index >= 15 is 0 Å². The van der Waals surface area contributed by atoms with Crippen LogP contribution in [0, 0.1) is 0 Å². The molecule has 0 amide bonds. The molecule has 0 bridgehead atoms. The van der Waals surface area contributed by atoms with Gasteiger partial charge in [-0.05, 0) is 12.5 Å². The van der Waals surface area contributed by atoms with Crippen molar-refractivity contribution in [2.75, 3.05) is 0 Å². The molecule has 0 fully saturated rings. The second kappa shape index (κ2) is 4.93. The highest BCUT2D eigenvalue weighted by Gasteiger charge is 2.19. The minimum atomic E-state index is -0.0596. The van der Waals surface area contributed by atoms with Crippen LogP contribution >= 0.6 is 11.6 Å². The largest absolute Gasteiger partial charge is 0.275 e. The number of aryl methyl sites for hydroxylation is 2. The lowest BCUT2D eigenvalue weighted by Crippen LogP contribution is -2.14. The molecule has 0 saturated carbocycles. The van der Waals surface area contributed by atoms with Gasteiger partial charge in [-0.2, -0.15) is 5.10 Å². The third kappa shape index (κ3) is 2.95. The molecule has 2 rings (SSSR count). The number of nitrogens with zero attached hydrogens (tertiary/aromatic N) is 4. The highest BCUT2D eigenvalue weighted by Crippen LogP contribution is 2.27. The molecule has 5 heteroatoms. The Hall–Kier alpha value is -1.42. The first-order valence-corrected chi connectivity index (χ1v) is 6.77. The minimum Gasteiger partial charge on any atom is -0.275 e. The molecule has 0 radical (unpaired) electrons. The van der Waals surface area contributed by atoms with Crippen molar-refractivity contribution < 1.29 is 0 Å². The highest BCUT2D eigenvalue weighted by atomic mass is 35.5. The van der Waals surface area contributed by atoms with E-state index in [1.165, 1.54) is 0 Å². The van der Waals surface area contributed by atoms with Gasteiger partial charge in [-0.25, -0.2) is 9.97 Å². The van der Waals surface area contributed by atoms with Gasteiger partial charge in [-0.1, -0.05) is 39.3 Å². The van der Waals surface area contributed by atoms with Gasteiger partial charge < -0.3 is 0 Å². The lowest BCUT2D eigenvalue weighted by atomic mass is 9.92. The fourth-order valence-electron chi connectivity index (χ4n) is 1.90. The van der Waals surface area contributed by atoms with Crippen LogP contribution in [0.5, 0.6) is 0 Å². The molecule has 0 N–H and O–H groups in total. The maximum Gasteiger partial charge on any atom is 0.164 e. The third-order valence-corrected chi connectivity index (χ3v) is 3.14. The second-order valence-corrected chi connectivity index (χ2v) is 6.05. The first kappa shape index (κ1) is 14.0. The van der Waals surface area contributed by atoms with Gasteiger partial charge in [-0.15, -0.1) is 0 Å². The van der Waals surface area contributed by atoms with Gasteiger partial charge in [0.15, 0.2) is 5.82 Å². The van der Waals surface area contributed by atoms with E-state index in [-0.39, 0.29) is 5.41 Å². The van der Waals surface area contributed by atoms with Crippen LogP contribution in [0.2, 0.25) is 5.15 Å². The first-order chi connectivity index (χ1) is 8.81. The van der Waals surface area contributed by atoms with Gasteiger partial charge in [0.05, 0.1) is 17.0 Å². The lowest BCUT2D eigenvalue weighted by molar-refractivity contribution is 0.568. The van der Waals surface area contributed by atoms with Gasteiger partial charge in [-0.3, -0.25) is 4.68 Å².